The van der Waals surface area contributed by atoms with E-state index >= 15 is 0 Å². The molecule has 2 heterocycles. The van der Waals surface area contributed by atoms with Gasteiger partial charge in [0.05, 0.1) is 18.2 Å². The number of nitrogens with zero attached hydrogens (tertiary/aromatic N) is 2. The topological polar surface area (TPSA) is 79.7 Å². The van der Waals surface area contributed by atoms with E-state index in [1.54, 1.807) is 48.8 Å². The number of carbonyl (C=O) groups excluding carboxylic acids is 2. The maximum absolute atomic E-state index is 13.2. The molecule has 1 aliphatic rings. The Balaban J connectivity index is 1.83. The van der Waals surface area contributed by atoms with Gasteiger partial charge in [-0.25, -0.2) is 0 Å². The highest BCUT2D eigenvalue weighted by molar-refractivity contribution is 9.10. The molecule has 3 aromatic rings. The summed E-state index contributed by atoms with van der Waals surface area (Å²) < 4.78 is 6.49. The van der Waals surface area contributed by atoms with E-state index in [4.69, 9.17) is 4.74 Å². The van der Waals surface area contributed by atoms with Crippen molar-refractivity contribution in [3.05, 3.63) is 99.8 Å². The van der Waals surface area contributed by atoms with Crippen molar-refractivity contribution in [1.82, 2.24) is 9.88 Å². The second kappa shape index (κ2) is 10.0. The van der Waals surface area contributed by atoms with Gasteiger partial charge in [0.15, 0.2) is 0 Å². The van der Waals surface area contributed by atoms with Gasteiger partial charge in [0, 0.05) is 29.0 Å². The smallest absolute Gasteiger partial charge is 0.295 e. The summed E-state index contributed by atoms with van der Waals surface area (Å²) >= 11 is 3.47. The van der Waals surface area contributed by atoms with Crippen molar-refractivity contribution in [2.45, 2.75) is 25.9 Å². The largest absolute Gasteiger partial charge is 0.507 e. The molecule has 7 heteroatoms. The Morgan fingerprint density at radius 3 is 2.58 bits per heavy atom. The molecule has 1 fully saturated rings. The van der Waals surface area contributed by atoms with Crippen molar-refractivity contribution in [2.24, 2.45) is 0 Å². The van der Waals surface area contributed by atoms with Crippen LogP contribution in [0.3, 0.4) is 0 Å². The van der Waals surface area contributed by atoms with E-state index in [1.807, 2.05) is 31.2 Å². The number of aliphatic hydroxyl groups excluding tert-OH is 1. The van der Waals surface area contributed by atoms with Crippen LogP contribution in [0.1, 0.15) is 36.1 Å². The van der Waals surface area contributed by atoms with Crippen molar-refractivity contribution in [1.29, 1.82) is 0 Å². The quantitative estimate of drug-likeness (QED) is 0.268. The van der Waals surface area contributed by atoms with Crippen LogP contribution in [0.4, 0.5) is 0 Å². The maximum atomic E-state index is 13.2. The lowest BCUT2D eigenvalue weighted by molar-refractivity contribution is -0.140. The standard InChI is InChI=1S/C26H23BrN2O4/c1-2-13-33-21-8-4-6-19(15-21)24(30)22-23(18-5-3-7-20(27)14-18)29(26(32)25(22)31)16-17-9-11-28-12-10-17/h3-12,14-15,23,30H,2,13,16H2,1H3. The highest BCUT2D eigenvalue weighted by Crippen LogP contribution is 2.41. The van der Waals surface area contributed by atoms with Gasteiger partial charge in [-0.1, -0.05) is 47.1 Å². The first-order chi connectivity index (χ1) is 16.0. The number of hydrogen-bond donors (Lipinski definition) is 1. The molecular formula is C26H23BrN2O4. The van der Waals surface area contributed by atoms with Gasteiger partial charge in [0.1, 0.15) is 11.5 Å². The fraction of sp³-hybridized carbons (Fsp3) is 0.192. The molecule has 0 aliphatic carbocycles. The molecule has 2 aromatic carbocycles. The van der Waals surface area contributed by atoms with Gasteiger partial charge in [0.2, 0.25) is 0 Å². The van der Waals surface area contributed by atoms with Gasteiger partial charge in [0.25, 0.3) is 11.7 Å². The zero-order valence-corrected chi connectivity index (χ0v) is 19.7. The first kappa shape index (κ1) is 22.7. The molecule has 4 rings (SSSR count). The van der Waals surface area contributed by atoms with Gasteiger partial charge >= 0.3 is 0 Å². The van der Waals surface area contributed by atoms with Gasteiger partial charge in [-0.3, -0.25) is 14.6 Å². The first-order valence-corrected chi connectivity index (χ1v) is 11.4. The third kappa shape index (κ3) is 4.83. The maximum Gasteiger partial charge on any atom is 0.295 e. The molecule has 1 aromatic heterocycles. The number of aromatic nitrogens is 1. The summed E-state index contributed by atoms with van der Waals surface area (Å²) in [5, 5.41) is 11.2. The Kier molecular flexibility index (Phi) is 6.89. The van der Waals surface area contributed by atoms with E-state index in [0.29, 0.717) is 17.9 Å². The number of Topliss-reactive ketones (excluding diaryl/α,β-unsaturated/α-hetero) is 1. The second-order valence-corrected chi connectivity index (χ2v) is 8.63. The summed E-state index contributed by atoms with van der Waals surface area (Å²) in [5.41, 5.74) is 2.03. The highest BCUT2D eigenvalue weighted by Gasteiger charge is 2.46. The Hall–Kier alpha value is -3.45. The molecule has 1 N–H and O–H groups in total. The van der Waals surface area contributed by atoms with E-state index in [0.717, 1.165) is 22.0 Å². The lowest BCUT2D eigenvalue weighted by Gasteiger charge is -2.25. The number of likely N-dealkylation sites (tertiary alicyclic amines) is 1. The van der Waals surface area contributed by atoms with E-state index in [1.165, 1.54) is 4.90 Å². The summed E-state index contributed by atoms with van der Waals surface area (Å²) in [6, 6.07) is 17.2. The normalized spacial score (nSPS) is 17.4. The van der Waals surface area contributed by atoms with Gasteiger partial charge < -0.3 is 14.7 Å². The molecular weight excluding hydrogens is 484 g/mol. The number of halogens is 1. The molecule has 33 heavy (non-hydrogen) atoms. The molecule has 0 saturated carbocycles. The molecule has 1 unspecified atom stereocenters. The summed E-state index contributed by atoms with van der Waals surface area (Å²) in [4.78, 5) is 31.8. The summed E-state index contributed by atoms with van der Waals surface area (Å²) in [6.45, 7) is 2.76. The van der Waals surface area contributed by atoms with Crippen LogP contribution in [-0.2, 0) is 16.1 Å². The number of amides is 1. The minimum atomic E-state index is -0.740. The van der Waals surface area contributed by atoms with E-state index in [9.17, 15) is 14.7 Å². The van der Waals surface area contributed by atoms with Crippen LogP contribution < -0.4 is 4.74 Å². The summed E-state index contributed by atoms with van der Waals surface area (Å²) in [6.07, 6.45) is 4.13. The fourth-order valence-electron chi connectivity index (χ4n) is 3.86. The highest BCUT2D eigenvalue weighted by atomic mass is 79.9. The number of aliphatic hydroxyl groups is 1. The van der Waals surface area contributed by atoms with Crippen LogP contribution in [-0.4, -0.2) is 33.3 Å². The Morgan fingerprint density at radius 2 is 1.85 bits per heavy atom. The van der Waals surface area contributed by atoms with Crippen molar-refractivity contribution in [3.63, 3.8) is 0 Å². The molecule has 1 aliphatic heterocycles. The Bertz CT molecular complexity index is 1210. The van der Waals surface area contributed by atoms with Gasteiger partial charge in [-0.15, -0.1) is 0 Å². The molecule has 1 atom stereocenters. The zero-order valence-electron chi connectivity index (χ0n) is 18.1. The fourth-order valence-corrected chi connectivity index (χ4v) is 4.28. The monoisotopic (exact) mass is 506 g/mol. The molecule has 1 saturated heterocycles. The number of benzene rings is 2. The third-order valence-corrected chi connectivity index (χ3v) is 5.88. The van der Waals surface area contributed by atoms with Gasteiger partial charge in [-0.2, -0.15) is 0 Å². The van der Waals surface area contributed by atoms with Crippen LogP contribution in [0.2, 0.25) is 0 Å². The Morgan fingerprint density at radius 1 is 1.09 bits per heavy atom. The van der Waals surface area contributed by atoms with E-state index in [-0.39, 0.29) is 17.9 Å². The number of hydrogen-bond acceptors (Lipinski definition) is 5. The lowest BCUT2D eigenvalue weighted by Crippen LogP contribution is -2.29. The number of pyridine rings is 1. The second-order valence-electron chi connectivity index (χ2n) is 7.71. The number of ketones is 1. The van der Waals surface area contributed by atoms with Gasteiger partial charge in [-0.05, 0) is 53.9 Å². The van der Waals surface area contributed by atoms with Crippen molar-refractivity contribution >= 4 is 33.4 Å². The van der Waals surface area contributed by atoms with Crippen LogP contribution in [0.5, 0.6) is 5.75 Å². The average Bonchev–Trinajstić information content (AvgIpc) is 3.08. The SMILES string of the molecule is CCCOc1cccc(C(O)=C2C(=O)C(=O)N(Cc3ccncc3)C2c2cccc(Br)c2)c1. The Labute approximate surface area is 200 Å². The minimum absolute atomic E-state index is 0.0554. The van der Waals surface area contributed by atoms with Crippen molar-refractivity contribution < 1.29 is 19.4 Å². The van der Waals surface area contributed by atoms with Crippen LogP contribution in [0.15, 0.2) is 83.1 Å². The lowest BCUT2D eigenvalue weighted by atomic mass is 9.95. The molecule has 168 valence electrons. The first-order valence-electron chi connectivity index (χ1n) is 10.7. The van der Waals surface area contributed by atoms with Crippen molar-refractivity contribution in [3.8, 4) is 5.75 Å². The molecule has 0 spiro atoms. The van der Waals surface area contributed by atoms with Crippen LogP contribution >= 0.6 is 15.9 Å². The molecule has 6 nitrogen and oxygen atoms in total. The predicted octanol–water partition coefficient (Wildman–Crippen LogP) is 5.25. The number of carbonyl (C=O) groups is 2. The van der Waals surface area contributed by atoms with Crippen LogP contribution in [0, 0.1) is 0 Å². The molecule has 0 radical (unpaired) electrons. The summed E-state index contributed by atoms with van der Waals surface area (Å²) in [7, 11) is 0. The summed E-state index contributed by atoms with van der Waals surface area (Å²) in [5.74, 6) is -1.01. The van der Waals surface area contributed by atoms with Crippen molar-refractivity contribution in [2.75, 3.05) is 6.61 Å². The third-order valence-electron chi connectivity index (χ3n) is 5.39. The molecule has 1 amide bonds. The molecule has 0 bridgehead atoms. The zero-order chi connectivity index (χ0) is 23.4. The number of rotatable bonds is 7. The van der Waals surface area contributed by atoms with Crippen LogP contribution in [0.25, 0.3) is 5.76 Å². The predicted molar refractivity (Wildman–Crippen MR) is 128 cm³/mol. The average molecular weight is 507 g/mol. The number of ether oxygens (including phenoxy) is 1. The van der Waals surface area contributed by atoms with E-state index < -0.39 is 17.7 Å². The van der Waals surface area contributed by atoms with E-state index in [2.05, 4.69) is 20.9 Å². The minimum Gasteiger partial charge on any atom is -0.507 e.